The van der Waals surface area contributed by atoms with Crippen molar-refractivity contribution in [1.29, 1.82) is 0 Å². The lowest BCUT2D eigenvalue weighted by molar-refractivity contribution is -0.385. The molecule has 11 heteroatoms. The Labute approximate surface area is 191 Å². The van der Waals surface area contributed by atoms with Crippen LogP contribution in [0.1, 0.15) is 15.9 Å². The van der Waals surface area contributed by atoms with E-state index < -0.39 is 21.7 Å². The van der Waals surface area contributed by atoms with Crippen LogP contribution < -0.4 is 10.6 Å². The van der Waals surface area contributed by atoms with Crippen molar-refractivity contribution in [2.24, 2.45) is 0 Å². The molecule has 0 spiro atoms. The summed E-state index contributed by atoms with van der Waals surface area (Å²) in [6.45, 7) is 0. The van der Waals surface area contributed by atoms with E-state index in [9.17, 15) is 29.8 Å². The number of hydrogen-bond acceptors (Lipinski definition) is 6. The first-order valence-electron chi connectivity index (χ1n) is 9.32. The first kappa shape index (κ1) is 23.1. The first-order valence-corrected chi connectivity index (χ1v) is 9.70. The second-order valence-electron chi connectivity index (χ2n) is 6.61. The van der Waals surface area contributed by atoms with Crippen molar-refractivity contribution in [2.45, 2.75) is 0 Å². The molecule has 2 N–H and O–H groups in total. The molecule has 0 aromatic heterocycles. The van der Waals surface area contributed by atoms with Crippen molar-refractivity contribution in [1.82, 2.24) is 5.32 Å². The number of nitrogens with zero attached hydrogens (tertiary/aromatic N) is 2. The van der Waals surface area contributed by atoms with Gasteiger partial charge in [-0.3, -0.25) is 29.8 Å². The van der Waals surface area contributed by atoms with Crippen LogP contribution in [0.5, 0.6) is 0 Å². The van der Waals surface area contributed by atoms with Crippen molar-refractivity contribution >= 4 is 46.6 Å². The second kappa shape index (κ2) is 10.2. The van der Waals surface area contributed by atoms with Crippen LogP contribution in [-0.2, 0) is 4.79 Å². The molecule has 0 radical (unpaired) electrons. The number of nitro benzene ring substituents is 2. The van der Waals surface area contributed by atoms with Gasteiger partial charge in [0.25, 0.3) is 23.2 Å². The fraction of sp³-hybridized carbons (Fsp3) is 0. The zero-order valence-corrected chi connectivity index (χ0v) is 17.5. The Hall–Kier alpha value is -4.57. The van der Waals surface area contributed by atoms with Gasteiger partial charge < -0.3 is 10.6 Å². The molecule has 0 saturated carbocycles. The number of amides is 2. The van der Waals surface area contributed by atoms with Gasteiger partial charge in [-0.2, -0.15) is 0 Å². The van der Waals surface area contributed by atoms with Gasteiger partial charge in [0.05, 0.1) is 20.4 Å². The highest BCUT2D eigenvalue weighted by molar-refractivity contribution is 6.34. The Morgan fingerprint density at radius 3 is 2.15 bits per heavy atom. The highest BCUT2D eigenvalue weighted by Crippen LogP contribution is 2.20. The molecule has 0 unspecified atom stereocenters. The molecule has 166 valence electrons. The Kier molecular flexibility index (Phi) is 7.11. The lowest BCUT2D eigenvalue weighted by Gasteiger charge is -2.12. The molecule has 3 rings (SSSR count). The zero-order chi connectivity index (χ0) is 24.0. The number of nitrogens with one attached hydrogen (secondary N) is 2. The van der Waals surface area contributed by atoms with Crippen LogP contribution in [0.25, 0.3) is 6.08 Å². The molecule has 0 aliphatic rings. The third-order valence-electron chi connectivity index (χ3n) is 4.32. The quantitative estimate of drug-likeness (QED) is 0.296. The fourth-order valence-corrected chi connectivity index (χ4v) is 3.01. The van der Waals surface area contributed by atoms with Crippen molar-refractivity contribution in [3.8, 4) is 0 Å². The van der Waals surface area contributed by atoms with Crippen LogP contribution in [0.2, 0.25) is 5.02 Å². The van der Waals surface area contributed by atoms with Gasteiger partial charge in [0.15, 0.2) is 0 Å². The van der Waals surface area contributed by atoms with Crippen LogP contribution in [-0.4, -0.2) is 21.7 Å². The second-order valence-corrected chi connectivity index (χ2v) is 7.01. The zero-order valence-electron chi connectivity index (χ0n) is 16.7. The molecule has 2 amide bonds. The van der Waals surface area contributed by atoms with Gasteiger partial charge in [-0.05, 0) is 29.8 Å². The molecule has 0 fully saturated rings. The van der Waals surface area contributed by atoms with E-state index in [1.165, 1.54) is 60.7 Å². The SMILES string of the molecule is O=C(Nc1cccc([N+](=O)[O-])c1)/C(=C\c1cccc([N+](=O)[O-])c1)NC(=O)c1ccccc1Cl. The molecule has 0 aliphatic carbocycles. The summed E-state index contributed by atoms with van der Waals surface area (Å²) in [5.74, 6) is -1.49. The highest BCUT2D eigenvalue weighted by Gasteiger charge is 2.18. The highest BCUT2D eigenvalue weighted by atomic mass is 35.5. The molecule has 0 aliphatic heterocycles. The van der Waals surface area contributed by atoms with E-state index in [-0.39, 0.29) is 38.9 Å². The molecule has 0 saturated heterocycles. The average molecular weight is 467 g/mol. The smallest absolute Gasteiger partial charge is 0.272 e. The minimum Gasteiger partial charge on any atom is -0.320 e. The lowest BCUT2D eigenvalue weighted by Crippen LogP contribution is -2.31. The van der Waals surface area contributed by atoms with Crippen molar-refractivity contribution in [3.05, 3.63) is 115 Å². The Bertz CT molecular complexity index is 1290. The largest absolute Gasteiger partial charge is 0.320 e. The van der Waals surface area contributed by atoms with Crippen LogP contribution in [0.15, 0.2) is 78.5 Å². The average Bonchev–Trinajstić information content (AvgIpc) is 2.79. The Balaban J connectivity index is 1.96. The summed E-state index contributed by atoms with van der Waals surface area (Å²) in [5.41, 5.74) is -0.213. The number of benzene rings is 3. The lowest BCUT2D eigenvalue weighted by atomic mass is 10.1. The minimum absolute atomic E-state index is 0.104. The summed E-state index contributed by atoms with van der Waals surface area (Å²) < 4.78 is 0. The third-order valence-corrected chi connectivity index (χ3v) is 4.65. The number of hydrogen-bond donors (Lipinski definition) is 2. The summed E-state index contributed by atoms with van der Waals surface area (Å²) in [6, 6.07) is 16.9. The number of carbonyl (C=O) groups is 2. The summed E-state index contributed by atoms with van der Waals surface area (Å²) in [6.07, 6.45) is 1.24. The molecular formula is C22H15ClN4O6. The van der Waals surface area contributed by atoms with Gasteiger partial charge in [-0.15, -0.1) is 0 Å². The molecule has 0 bridgehead atoms. The van der Waals surface area contributed by atoms with Gasteiger partial charge in [-0.1, -0.05) is 41.9 Å². The minimum atomic E-state index is -0.803. The summed E-state index contributed by atoms with van der Waals surface area (Å²) in [4.78, 5) is 46.5. The normalized spacial score (nSPS) is 10.9. The standard InChI is InChI=1S/C22H15ClN4O6/c23-19-10-2-1-9-18(19)21(28)25-20(12-14-5-3-7-16(11-14)26(30)31)22(29)24-15-6-4-8-17(13-15)27(32)33/h1-13H,(H,24,29)(H,25,28)/b20-12+. The van der Waals surface area contributed by atoms with Crippen LogP contribution >= 0.6 is 11.6 Å². The molecule has 33 heavy (non-hydrogen) atoms. The van der Waals surface area contributed by atoms with Crippen molar-refractivity contribution < 1.29 is 19.4 Å². The Morgan fingerprint density at radius 1 is 0.848 bits per heavy atom. The van der Waals surface area contributed by atoms with E-state index in [2.05, 4.69) is 10.6 Å². The molecule has 3 aromatic rings. The number of nitro groups is 2. The van der Waals surface area contributed by atoms with Crippen molar-refractivity contribution in [2.75, 3.05) is 5.32 Å². The third kappa shape index (κ3) is 5.99. The van der Waals surface area contributed by atoms with Gasteiger partial charge in [0.1, 0.15) is 5.70 Å². The number of carbonyl (C=O) groups excluding carboxylic acids is 2. The number of anilines is 1. The predicted octanol–water partition coefficient (Wildman–Crippen LogP) is 4.57. The van der Waals surface area contributed by atoms with E-state index in [0.29, 0.717) is 0 Å². The topological polar surface area (TPSA) is 144 Å². The summed E-state index contributed by atoms with van der Waals surface area (Å²) >= 11 is 6.06. The van der Waals surface area contributed by atoms with Gasteiger partial charge in [0, 0.05) is 30.0 Å². The van der Waals surface area contributed by atoms with Crippen molar-refractivity contribution in [3.63, 3.8) is 0 Å². The predicted molar refractivity (Wildman–Crippen MR) is 122 cm³/mol. The van der Waals surface area contributed by atoms with Crippen LogP contribution in [0, 0.1) is 20.2 Å². The van der Waals surface area contributed by atoms with Crippen LogP contribution in [0.4, 0.5) is 17.1 Å². The fourth-order valence-electron chi connectivity index (χ4n) is 2.78. The molecule has 10 nitrogen and oxygen atoms in total. The molecule has 0 heterocycles. The van der Waals surface area contributed by atoms with E-state index in [4.69, 9.17) is 11.6 Å². The number of halogens is 1. The number of non-ortho nitro benzene ring substituents is 2. The first-order chi connectivity index (χ1) is 15.7. The van der Waals surface area contributed by atoms with E-state index in [1.807, 2.05) is 0 Å². The molecular weight excluding hydrogens is 452 g/mol. The monoisotopic (exact) mass is 466 g/mol. The molecule has 3 aromatic carbocycles. The maximum atomic E-state index is 12.9. The van der Waals surface area contributed by atoms with Gasteiger partial charge in [0.2, 0.25) is 0 Å². The maximum Gasteiger partial charge on any atom is 0.272 e. The molecule has 0 atom stereocenters. The van der Waals surface area contributed by atoms with Gasteiger partial charge >= 0.3 is 0 Å². The summed E-state index contributed by atoms with van der Waals surface area (Å²) in [7, 11) is 0. The number of rotatable bonds is 7. The van der Waals surface area contributed by atoms with Crippen LogP contribution in [0.3, 0.4) is 0 Å². The Morgan fingerprint density at radius 2 is 1.48 bits per heavy atom. The van der Waals surface area contributed by atoms with E-state index in [1.54, 1.807) is 12.1 Å². The maximum absolute atomic E-state index is 12.9. The summed E-state index contributed by atoms with van der Waals surface area (Å²) in [5, 5.41) is 27.1. The van der Waals surface area contributed by atoms with Gasteiger partial charge in [-0.25, -0.2) is 0 Å². The van der Waals surface area contributed by atoms with E-state index >= 15 is 0 Å². The van der Waals surface area contributed by atoms with E-state index in [0.717, 1.165) is 6.07 Å².